The summed E-state index contributed by atoms with van der Waals surface area (Å²) in [5.74, 6) is 0.676. The van der Waals surface area contributed by atoms with Crippen LogP contribution in [0.2, 0.25) is 0 Å². The molecule has 1 N–H and O–H groups in total. The minimum absolute atomic E-state index is 0.158. The van der Waals surface area contributed by atoms with Crippen molar-refractivity contribution < 1.29 is 21.4 Å². The Morgan fingerprint density at radius 1 is 1.12 bits per heavy atom. The first-order valence-electron chi connectivity index (χ1n) is 6.27. The summed E-state index contributed by atoms with van der Waals surface area (Å²) in [6.45, 7) is 1.68. The molecule has 3 rings (SSSR count). The molecule has 0 radical (unpaired) electrons. The summed E-state index contributed by atoms with van der Waals surface area (Å²) >= 11 is 5.43. The van der Waals surface area contributed by atoms with E-state index in [2.05, 4.69) is 25.8 Å². The molecule has 0 aliphatic rings. The molecule has 3 aromatic rings. The molecule has 13 heteroatoms. The van der Waals surface area contributed by atoms with Gasteiger partial charge in [0.2, 0.25) is 0 Å². The monoisotopic (exact) mass is 504 g/mol. The number of halogens is 2. The molecule has 136 valence electrons. The van der Waals surface area contributed by atoms with E-state index in [4.69, 9.17) is 15.2 Å². The van der Waals surface area contributed by atoms with Crippen LogP contribution >= 0.6 is 49.3 Å². The second kappa shape index (κ2) is 8.18. The van der Waals surface area contributed by atoms with Gasteiger partial charge in [0.25, 0.3) is 19.1 Å². The topological polar surface area (TPSA) is 106 Å². The largest absolute Gasteiger partial charge is 0.358 e. The van der Waals surface area contributed by atoms with E-state index in [9.17, 15) is 16.8 Å². The van der Waals surface area contributed by atoms with Gasteiger partial charge in [-0.3, -0.25) is 4.72 Å². The molecule has 0 bridgehead atoms. The van der Waals surface area contributed by atoms with Crippen LogP contribution in [0.15, 0.2) is 52.4 Å². The Hall–Kier alpha value is -0.920. The van der Waals surface area contributed by atoms with E-state index < -0.39 is 19.1 Å². The highest BCUT2D eigenvalue weighted by Crippen LogP contribution is 2.28. The molecule has 0 spiro atoms. The highest BCUT2D eigenvalue weighted by Gasteiger charge is 2.20. The van der Waals surface area contributed by atoms with Gasteiger partial charge in [-0.1, -0.05) is 17.3 Å². The van der Waals surface area contributed by atoms with E-state index in [1.54, 1.807) is 29.8 Å². The predicted octanol–water partition coefficient (Wildman–Crippen LogP) is 4.28. The second-order valence-electron chi connectivity index (χ2n) is 4.31. The average Bonchev–Trinajstić information content (AvgIpc) is 3.26. The minimum atomic E-state index is -3.56. The van der Waals surface area contributed by atoms with Crippen molar-refractivity contribution in [3.05, 3.63) is 45.3 Å². The fraction of sp³-hybridized carbons (Fsp3) is 0.0833. The zero-order valence-electron chi connectivity index (χ0n) is 12.3. The molecule has 0 aliphatic heterocycles. The van der Waals surface area contributed by atoms with Crippen LogP contribution in [-0.4, -0.2) is 22.0 Å². The Morgan fingerprint density at radius 3 is 2.04 bits per heavy atom. The highest BCUT2D eigenvalue weighted by atomic mass is 79.9. The smallest absolute Gasteiger partial charge is 0.272 e. The number of thiophene rings is 2. The summed E-state index contributed by atoms with van der Waals surface area (Å²) in [4.78, 5) is 0. The van der Waals surface area contributed by atoms with Gasteiger partial charge in [0.1, 0.15) is 18.7 Å². The van der Waals surface area contributed by atoms with E-state index in [1.165, 1.54) is 12.1 Å². The lowest BCUT2D eigenvalue weighted by atomic mass is 10.5. The molecule has 0 amide bonds. The summed E-state index contributed by atoms with van der Waals surface area (Å²) < 4.78 is 52.7. The molecule has 3 aromatic heterocycles. The average molecular weight is 506 g/mol. The second-order valence-corrected chi connectivity index (χ2v) is 11.7. The zero-order chi connectivity index (χ0) is 18.7. The van der Waals surface area contributed by atoms with Gasteiger partial charge in [0, 0.05) is 10.7 Å². The van der Waals surface area contributed by atoms with Gasteiger partial charge in [0.05, 0.1) is 0 Å². The molecule has 0 fully saturated rings. The van der Waals surface area contributed by atoms with Gasteiger partial charge in [-0.2, -0.15) is 0 Å². The van der Waals surface area contributed by atoms with Gasteiger partial charge >= 0.3 is 0 Å². The van der Waals surface area contributed by atoms with Crippen molar-refractivity contribution in [1.82, 2.24) is 5.16 Å². The van der Waals surface area contributed by atoms with Crippen molar-refractivity contribution in [1.29, 1.82) is 0 Å². The quantitative estimate of drug-likeness (QED) is 0.530. The van der Waals surface area contributed by atoms with Gasteiger partial charge < -0.3 is 4.52 Å². The Kier molecular flexibility index (Phi) is 6.68. The highest BCUT2D eigenvalue weighted by molar-refractivity contribution is 9.10. The summed E-state index contributed by atoms with van der Waals surface area (Å²) in [5, 5.41) is 6.96. The lowest BCUT2D eigenvalue weighted by Crippen LogP contribution is -2.11. The molecular weight excluding hydrogens is 496 g/mol. The Labute approximate surface area is 165 Å². The van der Waals surface area contributed by atoms with Crippen molar-refractivity contribution in [2.24, 2.45) is 0 Å². The number of nitrogens with zero attached hydrogens (tertiary/aromatic N) is 1. The van der Waals surface area contributed by atoms with Gasteiger partial charge in [-0.25, -0.2) is 16.8 Å². The number of nitrogens with one attached hydrogen (secondary N) is 1. The van der Waals surface area contributed by atoms with Crippen LogP contribution in [0.3, 0.4) is 0 Å². The SMILES string of the molecule is Cc1onc(NS(=O)(=O)c2cccs2)c1Br.O=S(=O)(Cl)c1cccs1. The van der Waals surface area contributed by atoms with Crippen LogP contribution < -0.4 is 4.72 Å². The van der Waals surface area contributed by atoms with Crippen molar-refractivity contribution in [2.75, 3.05) is 4.72 Å². The van der Waals surface area contributed by atoms with E-state index in [0.29, 0.717) is 10.2 Å². The van der Waals surface area contributed by atoms with Gasteiger partial charge in [-0.15, -0.1) is 22.7 Å². The van der Waals surface area contributed by atoms with Crippen LogP contribution in [-0.2, 0) is 19.1 Å². The van der Waals surface area contributed by atoms with Gasteiger partial charge in [-0.05, 0) is 45.7 Å². The summed E-state index contributed by atoms with van der Waals surface area (Å²) in [5.41, 5.74) is 0. The third-order valence-corrected chi connectivity index (χ3v) is 9.19. The molecule has 0 unspecified atom stereocenters. The van der Waals surface area contributed by atoms with Crippen molar-refractivity contribution in [2.45, 2.75) is 15.3 Å². The third kappa shape index (κ3) is 5.53. The first kappa shape index (κ1) is 20.4. The van der Waals surface area contributed by atoms with Crippen molar-refractivity contribution in [3.63, 3.8) is 0 Å². The lowest BCUT2D eigenvalue weighted by Gasteiger charge is -2.01. The minimum Gasteiger partial charge on any atom is -0.358 e. The maximum absolute atomic E-state index is 11.8. The number of anilines is 1. The Bertz CT molecular complexity index is 1030. The van der Waals surface area contributed by atoms with Crippen molar-refractivity contribution in [3.8, 4) is 0 Å². The predicted molar refractivity (Wildman–Crippen MR) is 101 cm³/mol. The fourth-order valence-electron chi connectivity index (χ4n) is 1.42. The number of hydrogen-bond acceptors (Lipinski definition) is 8. The molecule has 0 saturated heterocycles. The molecule has 0 atom stereocenters. The summed E-state index contributed by atoms with van der Waals surface area (Å²) in [6.07, 6.45) is 0. The van der Waals surface area contributed by atoms with Crippen LogP contribution in [0, 0.1) is 6.92 Å². The Balaban J connectivity index is 0.000000212. The fourth-order valence-corrected chi connectivity index (χ4v) is 5.59. The summed E-state index contributed by atoms with van der Waals surface area (Å²) in [7, 11) is -2.05. The molecule has 0 saturated carbocycles. The first-order valence-corrected chi connectivity index (χ1v) is 12.6. The first-order chi connectivity index (χ1) is 11.6. The Morgan fingerprint density at radius 2 is 1.68 bits per heavy atom. The van der Waals surface area contributed by atoms with Crippen LogP contribution in [0.5, 0.6) is 0 Å². The number of hydrogen-bond donors (Lipinski definition) is 1. The maximum atomic E-state index is 11.8. The number of sulfonamides is 1. The number of rotatable bonds is 4. The molecular formula is C12H10BrClN2O5S4. The van der Waals surface area contributed by atoms with E-state index in [0.717, 1.165) is 22.7 Å². The maximum Gasteiger partial charge on any atom is 0.272 e. The van der Waals surface area contributed by atoms with E-state index in [-0.39, 0.29) is 14.2 Å². The summed E-state index contributed by atoms with van der Waals surface area (Å²) in [6, 6.07) is 6.29. The van der Waals surface area contributed by atoms with E-state index in [1.807, 2.05) is 0 Å². The molecule has 7 nitrogen and oxygen atoms in total. The normalized spacial score (nSPS) is 11.6. The molecule has 3 heterocycles. The number of aromatic nitrogens is 1. The van der Waals surface area contributed by atoms with Crippen molar-refractivity contribution >= 4 is 74.2 Å². The molecule has 0 aromatic carbocycles. The van der Waals surface area contributed by atoms with Crippen LogP contribution in [0.4, 0.5) is 5.82 Å². The third-order valence-electron chi connectivity index (χ3n) is 2.52. The lowest BCUT2D eigenvalue weighted by molar-refractivity contribution is 0.399. The standard InChI is InChI=1S/C8H7BrN2O3S2.C4H3ClO2S2/c1-5-7(9)8(10-14-5)11-16(12,13)6-3-2-4-15-6;5-9(6,7)4-2-1-3-8-4/h2-4H,1H3,(H,10,11);1-3H. The van der Waals surface area contributed by atoms with Crippen LogP contribution in [0.1, 0.15) is 5.76 Å². The number of aryl methyl sites for hydroxylation is 1. The van der Waals surface area contributed by atoms with Crippen LogP contribution in [0.25, 0.3) is 0 Å². The van der Waals surface area contributed by atoms with Gasteiger partial charge in [0.15, 0.2) is 5.82 Å². The van der Waals surface area contributed by atoms with E-state index >= 15 is 0 Å². The zero-order valence-corrected chi connectivity index (χ0v) is 17.9. The molecule has 25 heavy (non-hydrogen) atoms. The molecule has 0 aliphatic carbocycles.